The summed E-state index contributed by atoms with van der Waals surface area (Å²) in [4.78, 5) is 26.7. The van der Waals surface area contributed by atoms with E-state index in [0.29, 0.717) is 5.82 Å². The molecule has 10 nitrogen and oxygen atoms in total. The third-order valence-corrected chi connectivity index (χ3v) is 6.53. The van der Waals surface area contributed by atoms with Crippen LogP contribution in [0.25, 0.3) is 44.7 Å². The lowest BCUT2D eigenvalue weighted by Crippen LogP contribution is -2.44. The topological polar surface area (TPSA) is 115 Å². The first-order valence-electron chi connectivity index (χ1n) is 12.0. The Morgan fingerprint density at radius 3 is 2.74 bits per heavy atom. The van der Waals surface area contributed by atoms with Gasteiger partial charge in [0, 0.05) is 68.6 Å². The van der Waals surface area contributed by atoms with E-state index >= 15 is 0 Å². The monoisotopic (exact) mass is 468 g/mol. The quantitative estimate of drug-likeness (QED) is 0.349. The van der Waals surface area contributed by atoms with Crippen molar-refractivity contribution in [2.45, 2.75) is 13.5 Å². The predicted molar refractivity (Wildman–Crippen MR) is 137 cm³/mol. The van der Waals surface area contributed by atoms with E-state index in [2.05, 4.69) is 71.4 Å². The van der Waals surface area contributed by atoms with Crippen LogP contribution < -0.4 is 10.2 Å². The van der Waals surface area contributed by atoms with E-state index in [1.807, 2.05) is 30.9 Å². The highest BCUT2D eigenvalue weighted by molar-refractivity contribution is 5.95. The highest BCUT2D eigenvalue weighted by Gasteiger charge is 2.21. The lowest BCUT2D eigenvalue weighted by Gasteiger charge is -2.33. The Labute approximate surface area is 202 Å². The Morgan fingerprint density at radius 2 is 1.89 bits per heavy atom. The van der Waals surface area contributed by atoms with Gasteiger partial charge < -0.3 is 20.1 Å². The number of aromatic nitrogens is 7. The van der Waals surface area contributed by atoms with Crippen molar-refractivity contribution in [1.29, 1.82) is 0 Å². The number of hydrogen-bond acceptors (Lipinski definition) is 8. The first-order chi connectivity index (χ1) is 17.2. The number of rotatable bonds is 6. The molecule has 6 rings (SSSR count). The minimum absolute atomic E-state index is 0.701. The first-order valence-corrected chi connectivity index (χ1v) is 12.0. The van der Waals surface area contributed by atoms with Gasteiger partial charge in [0.15, 0.2) is 17.3 Å². The molecule has 0 atom stereocenters. The smallest absolute Gasteiger partial charge is 0.159 e. The SMILES string of the molecule is CCNCc1cncc(-c2cnc3[nH]nc(-c4nc5c(N6CCN(C)CC6)nccc5[nH]4)c3c2)c1. The van der Waals surface area contributed by atoms with Gasteiger partial charge >= 0.3 is 0 Å². The molecule has 10 heteroatoms. The summed E-state index contributed by atoms with van der Waals surface area (Å²) in [5, 5.41) is 11.9. The summed E-state index contributed by atoms with van der Waals surface area (Å²) >= 11 is 0. The van der Waals surface area contributed by atoms with E-state index < -0.39 is 0 Å². The van der Waals surface area contributed by atoms with E-state index in [1.165, 1.54) is 0 Å². The van der Waals surface area contributed by atoms with Crippen LogP contribution in [0.5, 0.6) is 0 Å². The summed E-state index contributed by atoms with van der Waals surface area (Å²) in [6.07, 6.45) is 7.45. The molecule has 0 spiro atoms. The molecule has 0 amide bonds. The molecule has 1 fully saturated rings. The van der Waals surface area contributed by atoms with Crippen LogP contribution in [0.2, 0.25) is 0 Å². The number of aromatic amines is 2. The highest BCUT2D eigenvalue weighted by Crippen LogP contribution is 2.31. The Hall–Kier alpha value is -3.89. The van der Waals surface area contributed by atoms with Crippen LogP contribution in [0, 0.1) is 0 Å². The van der Waals surface area contributed by atoms with Crippen molar-refractivity contribution < 1.29 is 0 Å². The minimum Gasteiger partial charge on any atom is -0.352 e. The Bertz CT molecular complexity index is 1480. The van der Waals surface area contributed by atoms with Crippen LogP contribution in [0.15, 0.2) is 43.0 Å². The summed E-state index contributed by atoms with van der Waals surface area (Å²) in [5.41, 5.74) is 6.43. The predicted octanol–water partition coefficient (Wildman–Crippen LogP) is 2.82. The van der Waals surface area contributed by atoms with Gasteiger partial charge in [-0.3, -0.25) is 10.1 Å². The molecule has 0 radical (unpaired) electrons. The molecule has 1 aliphatic rings. The number of nitrogens with zero attached hydrogens (tertiary/aromatic N) is 7. The molecule has 5 aromatic rings. The zero-order chi connectivity index (χ0) is 23.8. The Balaban J connectivity index is 1.38. The lowest BCUT2D eigenvalue weighted by atomic mass is 10.1. The molecule has 0 saturated carbocycles. The van der Waals surface area contributed by atoms with Gasteiger partial charge in [-0.25, -0.2) is 15.0 Å². The van der Waals surface area contributed by atoms with Crippen molar-refractivity contribution >= 4 is 27.9 Å². The van der Waals surface area contributed by atoms with E-state index in [1.54, 1.807) is 0 Å². The number of fused-ring (bicyclic) bond motifs is 2. The lowest BCUT2D eigenvalue weighted by molar-refractivity contribution is 0.312. The molecule has 1 saturated heterocycles. The van der Waals surface area contributed by atoms with Gasteiger partial charge in [0.1, 0.15) is 11.2 Å². The first kappa shape index (κ1) is 21.6. The van der Waals surface area contributed by atoms with Crippen LogP contribution in [0.1, 0.15) is 12.5 Å². The number of nitrogens with one attached hydrogen (secondary N) is 3. The number of pyridine rings is 3. The van der Waals surface area contributed by atoms with Crippen LogP contribution in [-0.4, -0.2) is 79.8 Å². The number of likely N-dealkylation sites (N-methyl/N-ethyl adjacent to an activating group) is 1. The number of piperazine rings is 1. The minimum atomic E-state index is 0.701. The number of anilines is 1. The molecule has 35 heavy (non-hydrogen) atoms. The molecule has 5 aromatic heterocycles. The molecule has 178 valence electrons. The van der Waals surface area contributed by atoms with Crippen molar-refractivity contribution in [3.8, 4) is 22.6 Å². The normalized spacial score (nSPS) is 14.9. The molecule has 0 unspecified atom stereocenters. The van der Waals surface area contributed by atoms with Crippen molar-refractivity contribution in [1.82, 2.24) is 45.3 Å². The Morgan fingerprint density at radius 1 is 1.03 bits per heavy atom. The Kier molecular flexibility index (Phi) is 5.59. The van der Waals surface area contributed by atoms with Gasteiger partial charge in [0.25, 0.3) is 0 Å². The summed E-state index contributed by atoms with van der Waals surface area (Å²) in [6.45, 7) is 7.69. The largest absolute Gasteiger partial charge is 0.352 e. The fourth-order valence-electron chi connectivity index (χ4n) is 4.54. The summed E-state index contributed by atoms with van der Waals surface area (Å²) in [6, 6.07) is 6.21. The zero-order valence-electron chi connectivity index (χ0n) is 19.9. The van der Waals surface area contributed by atoms with Crippen molar-refractivity contribution in [2.24, 2.45) is 0 Å². The molecule has 0 bridgehead atoms. The second-order valence-electron chi connectivity index (χ2n) is 8.96. The maximum Gasteiger partial charge on any atom is 0.159 e. The standard InChI is InChI=1S/C25H28N10/c1-3-26-12-16-10-17(14-27-13-16)18-11-19-21(32-33-23(19)29-15-18)24-30-20-4-5-28-25(22(20)31-24)35-8-6-34(2)7-9-35/h4-5,10-11,13-15,26H,3,6-9,12H2,1-2H3,(H,30,31)(H,29,32,33). The van der Waals surface area contributed by atoms with E-state index in [9.17, 15) is 0 Å². The van der Waals surface area contributed by atoms with Gasteiger partial charge in [-0.05, 0) is 37.4 Å². The molecule has 0 aromatic carbocycles. The average molecular weight is 469 g/mol. The van der Waals surface area contributed by atoms with Crippen molar-refractivity contribution in [3.05, 3.63) is 48.5 Å². The van der Waals surface area contributed by atoms with Crippen LogP contribution in [0.4, 0.5) is 5.82 Å². The fraction of sp³-hybridized carbons (Fsp3) is 0.320. The zero-order valence-corrected chi connectivity index (χ0v) is 19.9. The van der Waals surface area contributed by atoms with Crippen LogP contribution >= 0.6 is 0 Å². The second-order valence-corrected chi connectivity index (χ2v) is 8.96. The summed E-state index contributed by atoms with van der Waals surface area (Å²) in [7, 11) is 2.15. The van der Waals surface area contributed by atoms with Crippen LogP contribution in [-0.2, 0) is 6.54 Å². The molecule has 3 N–H and O–H groups in total. The molecule has 0 aliphatic carbocycles. The fourth-order valence-corrected chi connectivity index (χ4v) is 4.54. The van der Waals surface area contributed by atoms with Gasteiger partial charge in [0.05, 0.1) is 10.9 Å². The van der Waals surface area contributed by atoms with E-state index in [-0.39, 0.29) is 0 Å². The highest BCUT2D eigenvalue weighted by atomic mass is 15.3. The summed E-state index contributed by atoms with van der Waals surface area (Å²) < 4.78 is 0. The molecule has 1 aliphatic heterocycles. The van der Waals surface area contributed by atoms with Crippen molar-refractivity contribution in [2.75, 3.05) is 44.7 Å². The number of H-pyrrole nitrogens is 2. The van der Waals surface area contributed by atoms with E-state index in [4.69, 9.17) is 4.98 Å². The molecule has 6 heterocycles. The van der Waals surface area contributed by atoms with Gasteiger partial charge in [0.2, 0.25) is 0 Å². The number of imidazole rings is 1. The van der Waals surface area contributed by atoms with Crippen LogP contribution in [0.3, 0.4) is 0 Å². The third kappa shape index (κ3) is 4.11. The third-order valence-electron chi connectivity index (χ3n) is 6.53. The maximum atomic E-state index is 4.95. The molecular weight excluding hydrogens is 440 g/mol. The van der Waals surface area contributed by atoms with Gasteiger partial charge in [-0.15, -0.1) is 0 Å². The van der Waals surface area contributed by atoms with Gasteiger partial charge in [-0.1, -0.05) is 6.92 Å². The molecular formula is C25H28N10. The van der Waals surface area contributed by atoms with Crippen molar-refractivity contribution in [3.63, 3.8) is 0 Å². The van der Waals surface area contributed by atoms with E-state index in [0.717, 1.165) is 89.5 Å². The van der Waals surface area contributed by atoms with Gasteiger partial charge in [-0.2, -0.15) is 5.10 Å². The number of hydrogen-bond donors (Lipinski definition) is 3. The summed E-state index contributed by atoms with van der Waals surface area (Å²) in [5.74, 6) is 1.62. The second kappa shape index (κ2) is 9.05. The average Bonchev–Trinajstić information content (AvgIpc) is 3.51. The maximum absolute atomic E-state index is 4.95.